The average Bonchev–Trinajstić information content (AvgIpc) is 3.21. The van der Waals surface area contributed by atoms with Crippen molar-refractivity contribution in [2.45, 2.75) is 19.9 Å². The van der Waals surface area contributed by atoms with Crippen molar-refractivity contribution in [1.82, 2.24) is 9.55 Å². The Balaban J connectivity index is 1.63. The van der Waals surface area contributed by atoms with Crippen molar-refractivity contribution < 1.29 is 14.3 Å². The maximum Gasteiger partial charge on any atom is 0.255 e. The van der Waals surface area contributed by atoms with Gasteiger partial charge in [0, 0.05) is 11.8 Å². The van der Waals surface area contributed by atoms with Gasteiger partial charge in [0.1, 0.15) is 11.5 Å². The lowest BCUT2D eigenvalue weighted by Crippen LogP contribution is -2.31. The summed E-state index contributed by atoms with van der Waals surface area (Å²) in [6, 6.07) is 21.2. The summed E-state index contributed by atoms with van der Waals surface area (Å²) in [6.07, 6.45) is 0. The minimum absolute atomic E-state index is 0.220. The van der Waals surface area contributed by atoms with Gasteiger partial charge in [-0.1, -0.05) is 42.0 Å². The lowest BCUT2D eigenvalue weighted by atomic mass is 9.93. The number of aryl methyl sites for hydroxylation is 1. The molecule has 5 rings (SSSR count). The Labute approximate surface area is 198 Å². The van der Waals surface area contributed by atoms with E-state index in [0.29, 0.717) is 28.7 Å². The van der Waals surface area contributed by atoms with E-state index >= 15 is 0 Å². The second kappa shape index (κ2) is 8.59. The molecule has 0 saturated heterocycles. The van der Waals surface area contributed by atoms with Crippen molar-refractivity contribution in [2.24, 2.45) is 0 Å². The van der Waals surface area contributed by atoms with Gasteiger partial charge in [-0.15, -0.1) is 0 Å². The highest BCUT2D eigenvalue weighted by Crippen LogP contribution is 2.40. The number of amides is 1. The van der Waals surface area contributed by atoms with Crippen LogP contribution in [0.3, 0.4) is 0 Å². The van der Waals surface area contributed by atoms with E-state index in [4.69, 9.17) is 14.5 Å². The summed E-state index contributed by atoms with van der Waals surface area (Å²) in [7, 11) is 3.16. The number of methoxy groups -OCH3 is 2. The number of para-hydroxylation sites is 2. The fourth-order valence-electron chi connectivity index (χ4n) is 4.41. The number of rotatable bonds is 5. The molecule has 34 heavy (non-hydrogen) atoms. The molecule has 1 amide bonds. The van der Waals surface area contributed by atoms with Crippen LogP contribution in [0.15, 0.2) is 78.0 Å². The van der Waals surface area contributed by atoms with Crippen LogP contribution in [0.2, 0.25) is 0 Å². The van der Waals surface area contributed by atoms with Crippen LogP contribution in [0.5, 0.6) is 11.5 Å². The summed E-state index contributed by atoms with van der Waals surface area (Å²) in [5.74, 6) is 1.66. The zero-order valence-electron chi connectivity index (χ0n) is 19.5. The van der Waals surface area contributed by atoms with Crippen LogP contribution in [-0.4, -0.2) is 29.7 Å². The van der Waals surface area contributed by atoms with Gasteiger partial charge in [0.15, 0.2) is 0 Å². The lowest BCUT2D eigenvalue weighted by molar-refractivity contribution is -0.113. The van der Waals surface area contributed by atoms with E-state index in [9.17, 15) is 4.79 Å². The minimum atomic E-state index is -0.353. The number of anilines is 2. The number of nitrogens with zero attached hydrogens (tertiary/aromatic N) is 2. The van der Waals surface area contributed by atoms with E-state index in [1.54, 1.807) is 32.4 Å². The Hall–Kier alpha value is -4.26. The molecule has 0 unspecified atom stereocenters. The van der Waals surface area contributed by atoms with Crippen molar-refractivity contribution in [3.8, 4) is 11.5 Å². The van der Waals surface area contributed by atoms with Gasteiger partial charge in [-0.25, -0.2) is 4.98 Å². The lowest BCUT2D eigenvalue weighted by Gasteiger charge is -2.31. The number of ether oxygens (including phenoxy) is 2. The molecule has 7 heteroatoms. The minimum Gasteiger partial charge on any atom is -0.497 e. The van der Waals surface area contributed by atoms with Gasteiger partial charge in [-0.3, -0.25) is 9.36 Å². The molecule has 1 aromatic heterocycles. The first-order valence-electron chi connectivity index (χ1n) is 11.0. The third-order valence-electron chi connectivity index (χ3n) is 6.13. The molecular formula is C27H26N4O3. The van der Waals surface area contributed by atoms with E-state index in [1.807, 2.05) is 31.2 Å². The summed E-state index contributed by atoms with van der Waals surface area (Å²) in [5.41, 5.74) is 5.91. The summed E-state index contributed by atoms with van der Waals surface area (Å²) < 4.78 is 12.9. The highest BCUT2D eigenvalue weighted by molar-refractivity contribution is 6.07. The van der Waals surface area contributed by atoms with E-state index < -0.39 is 0 Å². The second-order valence-corrected chi connectivity index (χ2v) is 8.29. The number of hydrogen-bond donors (Lipinski definition) is 2. The van der Waals surface area contributed by atoms with E-state index in [1.165, 1.54) is 0 Å². The summed E-state index contributed by atoms with van der Waals surface area (Å²) in [6.45, 7) is 3.96. The van der Waals surface area contributed by atoms with Crippen molar-refractivity contribution >= 4 is 28.6 Å². The maximum absolute atomic E-state index is 13.8. The van der Waals surface area contributed by atoms with Crippen molar-refractivity contribution in [3.05, 3.63) is 89.1 Å². The van der Waals surface area contributed by atoms with Gasteiger partial charge in [-0.05, 0) is 43.7 Å². The third kappa shape index (κ3) is 3.65. The van der Waals surface area contributed by atoms with Crippen LogP contribution in [0.25, 0.3) is 11.0 Å². The first-order chi connectivity index (χ1) is 16.5. The predicted molar refractivity (Wildman–Crippen MR) is 134 cm³/mol. The Bertz CT molecular complexity index is 1420. The fourth-order valence-corrected chi connectivity index (χ4v) is 4.41. The van der Waals surface area contributed by atoms with Crippen LogP contribution < -0.4 is 20.1 Å². The smallest absolute Gasteiger partial charge is 0.255 e. The Morgan fingerprint density at radius 3 is 2.50 bits per heavy atom. The standard InChI is InChI=1S/C27H26N4O3/c1-16-9-11-18(12-10-16)25-24(26(32)29-21-14-13-19(33-3)15-23(21)34-4)17(2)28-27-30-20-7-5-6-8-22(20)31(25)27/h5-15,25H,1-4H3,(H,28,30)(H,29,32)/t25-/m1/s1. The van der Waals surface area contributed by atoms with Gasteiger partial charge < -0.3 is 20.1 Å². The number of carbonyl (C=O) groups is 1. The molecule has 2 heterocycles. The molecule has 0 radical (unpaired) electrons. The molecule has 1 aliphatic rings. The SMILES string of the molecule is COc1ccc(NC(=O)C2=C(C)Nc3nc4ccccc4n3[C@@H]2c2ccc(C)cc2)c(OC)c1. The predicted octanol–water partition coefficient (Wildman–Crippen LogP) is 5.29. The van der Waals surface area contributed by atoms with Crippen LogP contribution in [0, 0.1) is 6.92 Å². The molecular weight excluding hydrogens is 428 g/mol. The Kier molecular flexibility index (Phi) is 5.45. The van der Waals surface area contributed by atoms with Crippen LogP contribution in [-0.2, 0) is 4.79 Å². The number of imidazole rings is 1. The normalized spacial score (nSPS) is 15.0. The number of benzene rings is 3. The van der Waals surface area contributed by atoms with Gasteiger partial charge in [-0.2, -0.15) is 0 Å². The van der Waals surface area contributed by atoms with Crippen molar-refractivity contribution in [2.75, 3.05) is 24.9 Å². The number of carbonyl (C=O) groups excluding carboxylic acids is 1. The molecule has 0 aliphatic carbocycles. The summed E-state index contributed by atoms with van der Waals surface area (Å²) >= 11 is 0. The molecule has 7 nitrogen and oxygen atoms in total. The number of hydrogen-bond acceptors (Lipinski definition) is 5. The van der Waals surface area contributed by atoms with Crippen molar-refractivity contribution in [3.63, 3.8) is 0 Å². The Morgan fingerprint density at radius 2 is 1.76 bits per heavy atom. The molecule has 3 aromatic carbocycles. The zero-order chi connectivity index (χ0) is 23.8. The van der Waals surface area contributed by atoms with Gasteiger partial charge in [0.2, 0.25) is 5.95 Å². The van der Waals surface area contributed by atoms with Crippen molar-refractivity contribution in [1.29, 1.82) is 0 Å². The highest BCUT2D eigenvalue weighted by atomic mass is 16.5. The first kappa shape index (κ1) is 21.6. The molecule has 2 N–H and O–H groups in total. The monoisotopic (exact) mass is 454 g/mol. The third-order valence-corrected chi connectivity index (χ3v) is 6.13. The maximum atomic E-state index is 13.8. The molecule has 172 valence electrons. The molecule has 0 saturated carbocycles. The average molecular weight is 455 g/mol. The molecule has 0 fully saturated rings. The summed E-state index contributed by atoms with van der Waals surface area (Å²) in [4.78, 5) is 18.6. The Morgan fingerprint density at radius 1 is 1.00 bits per heavy atom. The number of nitrogens with one attached hydrogen (secondary N) is 2. The van der Waals surface area contributed by atoms with Gasteiger partial charge in [0.25, 0.3) is 5.91 Å². The topological polar surface area (TPSA) is 77.4 Å². The number of aromatic nitrogens is 2. The van der Waals surface area contributed by atoms with Crippen LogP contribution in [0.4, 0.5) is 11.6 Å². The summed E-state index contributed by atoms with van der Waals surface area (Å²) in [5, 5.41) is 6.39. The van der Waals surface area contributed by atoms with E-state index in [2.05, 4.69) is 46.4 Å². The van der Waals surface area contributed by atoms with E-state index in [-0.39, 0.29) is 11.9 Å². The van der Waals surface area contributed by atoms with Gasteiger partial charge >= 0.3 is 0 Å². The zero-order valence-corrected chi connectivity index (χ0v) is 19.5. The fraction of sp³-hybridized carbons (Fsp3) is 0.185. The second-order valence-electron chi connectivity index (χ2n) is 8.29. The van der Waals surface area contributed by atoms with E-state index in [0.717, 1.165) is 27.9 Å². The van der Waals surface area contributed by atoms with Crippen LogP contribution in [0.1, 0.15) is 24.1 Å². The molecule has 1 aliphatic heterocycles. The highest BCUT2D eigenvalue weighted by Gasteiger charge is 2.34. The molecule has 4 aromatic rings. The molecule has 0 bridgehead atoms. The first-order valence-corrected chi connectivity index (χ1v) is 11.0. The largest absolute Gasteiger partial charge is 0.497 e. The number of fused-ring (bicyclic) bond motifs is 3. The van der Waals surface area contributed by atoms with Gasteiger partial charge in [0.05, 0.1) is 42.6 Å². The van der Waals surface area contributed by atoms with Crippen LogP contribution >= 0.6 is 0 Å². The quantitative estimate of drug-likeness (QED) is 0.429. The number of allylic oxidation sites excluding steroid dienone is 1. The molecule has 1 atom stereocenters. The molecule has 0 spiro atoms.